The van der Waals surface area contributed by atoms with Gasteiger partial charge in [-0.25, -0.2) is 0 Å². The molecule has 434 valence electrons. The van der Waals surface area contributed by atoms with Crippen LogP contribution in [0.15, 0.2) is 279 Å². The van der Waals surface area contributed by atoms with Crippen molar-refractivity contribution in [2.75, 3.05) is 9.80 Å². The summed E-state index contributed by atoms with van der Waals surface area (Å²) in [5, 5.41) is 12.6. The molecule has 0 spiro atoms. The zero-order chi connectivity index (χ0) is 61.2. The number of anilines is 6. The number of fused-ring (bicyclic) bond motifs is 6. The van der Waals surface area contributed by atoms with Crippen molar-refractivity contribution >= 4 is 110 Å². The Labute approximate surface area is 527 Å². The van der Waals surface area contributed by atoms with E-state index in [0.717, 1.165) is 45.5 Å². The summed E-state index contributed by atoms with van der Waals surface area (Å²) in [6.45, 7) is 18.6. The maximum absolute atomic E-state index is 2.49. The van der Waals surface area contributed by atoms with Gasteiger partial charge in [-0.15, -0.1) is 0 Å². The molecule has 0 fully saturated rings. The first-order chi connectivity index (χ1) is 43.7. The molecule has 2 aromatic heterocycles. The van der Waals surface area contributed by atoms with Crippen LogP contribution in [0.5, 0.6) is 0 Å². The highest BCUT2D eigenvalue weighted by Gasteiger charge is 2.30. The molecule has 14 aromatic carbocycles. The van der Waals surface area contributed by atoms with E-state index >= 15 is 0 Å². The van der Waals surface area contributed by atoms with Gasteiger partial charge in [0, 0.05) is 66.4 Å². The number of aryl methyl sites for hydroxylation is 2. The minimum absolute atomic E-state index is 0.194. The van der Waals surface area contributed by atoms with Gasteiger partial charge in [0.05, 0.1) is 33.4 Å². The molecule has 0 aliphatic carbocycles. The van der Waals surface area contributed by atoms with Crippen LogP contribution in [-0.2, 0) is 10.8 Å². The Kier molecular flexibility index (Phi) is 12.8. The number of aromatic nitrogens is 2. The normalized spacial score (nSPS) is 12.2. The Morgan fingerprint density at radius 1 is 0.256 bits per heavy atom. The first-order valence-electron chi connectivity index (χ1n) is 31.6. The molecule has 0 aliphatic heterocycles. The Balaban J connectivity index is 0.857. The molecule has 0 unspecified atom stereocenters. The Bertz CT molecular complexity index is 5070. The average molecular weight is 1160 g/mol. The summed E-state index contributed by atoms with van der Waals surface area (Å²) in [7, 11) is 0. The van der Waals surface area contributed by atoms with E-state index in [0.29, 0.717) is 0 Å². The Morgan fingerprint density at radius 2 is 0.556 bits per heavy atom. The monoisotopic (exact) mass is 1160 g/mol. The molecular formula is C86H70N4. The number of hydrogen-bond donors (Lipinski definition) is 0. The van der Waals surface area contributed by atoms with Crippen molar-refractivity contribution in [1.82, 2.24) is 9.13 Å². The van der Waals surface area contributed by atoms with E-state index in [9.17, 15) is 0 Å². The highest BCUT2D eigenvalue weighted by atomic mass is 15.2. The molecule has 0 aliphatic rings. The fourth-order valence-corrected chi connectivity index (χ4v) is 14.5. The molecule has 0 saturated heterocycles. The lowest BCUT2D eigenvalue weighted by Gasteiger charge is -2.33. The van der Waals surface area contributed by atoms with Crippen molar-refractivity contribution < 1.29 is 0 Å². The van der Waals surface area contributed by atoms with E-state index in [2.05, 4.69) is 353 Å². The number of para-hydroxylation sites is 4. The summed E-state index contributed by atoms with van der Waals surface area (Å²) >= 11 is 0. The van der Waals surface area contributed by atoms with Crippen LogP contribution >= 0.6 is 0 Å². The van der Waals surface area contributed by atoms with Crippen molar-refractivity contribution in [2.45, 2.75) is 66.2 Å². The van der Waals surface area contributed by atoms with Gasteiger partial charge in [-0.3, -0.25) is 0 Å². The van der Waals surface area contributed by atoms with Crippen LogP contribution < -0.4 is 9.80 Å². The van der Waals surface area contributed by atoms with Crippen LogP contribution in [-0.4, -0.2) is 9.13 Å². The molecule has 0 radical (unpaired) electrons. The van der Waals surface area contributed by atoms with Gasteiger partial charge in [-0.05, 0) is 213 Å². The van der Waals surface area contributed by atoms with E-state index in [1.807, 2.05) is 0 Å². The first kappa shape index (κ1) is 54.7. The van der Waals surface area contributed by atoms with Crippen LogP contribution in [0.2, 0.25) is 0 Å². The first-order valence-corrected chi connectivity index (χ1v) is 31.6. The molecule has 4 heteroatoms. The summed E-state index contributed by atoms with van der Waals surface area (Å²) in [5.41, 5.74) is 23.3. The topological polar surface area (TPSA) is 16.3 Å². The van der Waals surface area contributed by atoms with Gasteiger partial charge in [0.2, 0.25) is 0 Å². The third kappa shape index (κ3) is 9.03. The molecule has 0 N–H and O–H groups in total. The van der Waals surface area contributed by atoms with Gasteiger partial charge in [-0.2, -0.15) is 0 Å². The van der Waals surface area contributed by atoms with Crippen LogP contribution in [0, 0.1) is 13.8 Å². The van der Waals surface area contributed by atoms with Crippen molar-refractivity contribution in [3.05, 3.63) is 301 Å². The van der Waals surface area contributed by atoms with Crippen LogP contribution in [0.4, 0.5) is 34.1 Å². The van der Waals surface area contributed by atoms with E-state index in [-0.39, 0.29) is 10.8 Å². The fraction of sp³-hybridized carbons (Fsp3) is 0.116. The SMILES string of the molecule is Cc1ccc2c(c1)c1cc(-c3ccc(N(c4ccccc4)c4cc(C(C)(C)C)c5ccc6c(N(c7ccccc7)c7ccc(-c8ccc9c(c8)c8cc(C)ccc8n9-c8ccccc8)cc7)cc(C(C)(C)C)c7ccc4c5c67)cc3)ccc1n2-c1ccccc1. The molecule has 90 heavy (non-hydrogen) atoms. The van der Waals surface area contributed by atoms with Gasteiger partial charge in [0.1, 0.15) is 0 Å². The molecular weight excluding hydrogens is 1090 g/mol. The van der Waals surface area contributed by atoms with Crippen LogP contribution in [0.3, 0.4) is 0 Å². The summed E-state index contributed by atoms with van der Waals surface area (Å²) in [5.74, 6) is 0. The third-order valence-electron chi connectivity index (χ3n) is 18.8. The maximum atomic E-state index is 2.49. The van der Waals surface area contributed by atoms with Crippen LogP contribution in [0.1, 0.15) is 63.8 Å². The summed E-state index contributed by atoms with van der Waals surface area (Å²) in [4.78, 5) is 4.99. The molecule has 0 bridgehead atoms. The predicted molar refractivity (Wildman–Crippen MR) is 386 cm³/mol. The number of benzene rings is 14. The summed E-state index contributed by atoms with van der Waals surface area (Å²) < 4.78 is 4.80. The number of hydrogen-bond acceptors (Lipinski definition) is 2. The van der Waals surface area contributed by atoms with Crippen LogP contribution in [0.25, 0.3) is 110 Å². The van der Waals surface area contributed by atoms with Gasteiger partial charge in [0.25, 0.3) is 0 Å². The lowest BCUT2D eigenvalue weighted by molar-refractivity contribution is 0.595. The maximum Gasteiger partial charge on any atom is 0.0543 e. The Hall–Kier alpha value is -10.7. The highest BCUT2D eigenvalue weighted by molar-refractivity contribution is 6.30. The minimum atomic E-state index is -0.194. The zero-order valence-corrected chi connectivity index (χ0v) is 52.3. The predicted octanol–water partition coefficient (Wildman–Crippen LogP) is 24.3. The smallest absolute Gasteiger partial charge is 0.0543 e. The Morgan fingerprint density at radius 3 is 0.911 bits per heavy atom. The average Bonchev–Trinajstić information content (AvgIpc) is 0.785. The van der Waals surface area contributed by atoms with E-state index in [4.69, 9.17) is 0 Å². The van der Waals surface area contributed by atoms with Gasteiger partial charge >= 0.3 is 0 Å². The van der Waals surface area contributed by atoms with Gasteiger partial charge in [-0.1, -0.05) is 198 Å². The molecule has 16 rings (SSSR count). The quantitative estimate of drug-likeness (QED) is 0.127. The second kappa shape index (κ2) is 21.0. The molecule has 2 heterocycles. The van der Waals surface area contributed by atoms with Gasteiger partial charge < -0.3 is 18.9 Å². The zero-order valence-electron chi connectivity index (χ0n) is 52.3. The standard InChI is InChI=1S/C86H70N4/c1-55-29-45-77-71(49-55)73-51-59(35-47-79(73)89(77)63-25-17-11-18-26-63)57-31-37-65(38-32-57)87(61-21-13-9-14-22-61)81-53-75(85(3,4)5)67-42-44-70-82(54-76(86(6,7)8)68-41-43-69(81)83(67)84(68)70)88(62-23-15-10-16-24-62)66-39-33-58(34-40-66)60-36-48-80-74(52-60)72-50-56(2)30-46-78(72)90(80)64-27-19-12-20-28-64/h9-54H,1-8H3. The molecule has 16 aromatic rings. The fourth-order valence-electron chi connectivity index (χ4n) is 14.5. The highest BCUT2D eigenvalue weighted by Crippen LogP contribution is 2.53. The molecule has 0 atom stereocenters. The van der Waals surface area contributed by atoms with Crippen molar-refractivity contribution in [2.24, 2.45) is 0 Å². The van der Waals surface area contributed by atoms with Crippen molar-refractivity contribution in [1.29, 1.82) is 0 Å². The molecule has 4 nitrogen and oxygen atoms in total. The third-order valence-corrected chi connectivity index (χ3v) is 18.8. The lowest BCUT2D eigenvalue weighted by atomic mass is 9.77. The summed E-state index contributed by atoms with van der Waals surface area (Å²) in [6.07, 6.45) is 0. The molecule has 0 amide bonds. The van der Waals surface area contributed by atoms with E-state index in [1.54, 1.807) is 0 Å². The number of rotatable bonds is 10. The van der Waals surface area contributed by atoms with E-state index in [1.165, 1.54) is 120 Å². The van der Waals surface area contributed by atoms with Crippen molar-refractivity contribution in [3.63, 3.8) is 0 Å². The van der Waals surface area contributed by atoms with E-state index < -0.39 is 0 Å². The molecule has 0 saturated carbocycles. The number of nitrogens with zero attached hydrogens (tertiary/aromatic N) is 4. The largest absolute Gasteiger partial charge is 0.310 e. The second-order valence-electron chi connectivity index (χ2n) is 26.7. The van der Waals surface area contributed by atoms with Crippen molar-refractivity contribution in [3.8, 4) is 33.6 Å². The lowest BCUT2D eigenvalue weighted by Crippen LogP contribution is -2.17. The second-order valence-corrected chi connectivity index (χ2v) is 26.7. The van der Waals surface area contributed by atoms with Gasteiger partial charge in [0.15, 0.2) is 0 Å². The summed E-state index contributed by atoms with van der Waals surface area (Å²) in [6, 6.07) is 104. The minimum Gasteiger partial charge on any atom is -0.310 e.